The van der Waals surface area contributed by atoms with Gasteiger partial charge in [-0.3, -0.25) is 0 Å². The van der Waals surface area contributed by atoms with Gasteiger partial charge in [-0.25, -0.2) is 0 Å². The predicted molar refractivity (Wildman–Crippen MR) is 246 cm³/mol. The van der Waals surface area contributed by atoms with Crippen LogP contribution in [0.2, 0.25) is 0 Å². The van der Waals surface area contributed by atoms with Crippen LogP contribution in [0.15, 0.2) is 137 Å². The van der Waals surface area contributed by atoms with E-state index in [1.54, 1.807) is 11.1 Å². The molecule has 6 aromatic carbocycles. The Morgan fingerprint density at radius 3 is 2.07 bits per heavy atom. The Hall–Kier alpha value is -4.53. The van der Waals surface area contributed by atoms with Gasteiger partial charge in [0.2, 0.25) is 0 Å². The van der Waals surface area contributed by atoms with Crippen molar-refractivity contribution in [3.8, 4) is 22.3 Å². The molecule has 0 N–H and O–H groups in total. The first-order valence-corrected chi connectivity index (χ1v) is 23.5. The van der Waals surface area contributed by atoms with Crippen LogP contribution in [0.4, 0.5) is 17.1 Å². The van der Waals surface area contributed by atoms with Crippen molar-refractivity contribution in [2.75, 3.05) is 4.90 Å². The van der Waals surface area contributed by atoms with Gasteiger partial charge < -0.3 is 4.90 Å². The predicted octanol–water partition coefficient (Wildman–Crippen LogP) is 15.3. The van der Waals surface area contributed by atoms with Crippen molar-refractivity contribution in [3.63, 3.8) is 0 Å². The van der Waals surface area contributed by atoms with E-state index in [2.05, 4.69) is 186 Å². The molecule has 2 bridgehead atoms. The van der Waals surface area contributed by atoms with Crippen molar-refractivity contribution in [1.82, 2.24) is 0 Å². The molecule has 59 heavy (non-hydrogen) atoms. The molecule has 1 nitrogen and oxygen atoms in total. The van der Waals surface area contributed by atoms with Crippen molar-refractivity contribution in [2.45, 2.75) is 112 Å². The molecule has 0 amide bonds. The normalized spacial score (nSPS) is 29.6. The summed E-state index contributed by atoms with van der Waals surface area (Å²) in [7, 11) is 0. The number of hydrogen-bond donors (Lipinski definition) is 0. The first-order valence-electron chi connectivity index (χ1n) is 22.6. The van der Waals surface area contributed by atoms with Crippen molar-refractivity contribution >= 4 is 28.8 Å². The van der Waals surface area contributed by atoms with Gasteiger partial charge in [0.05, 0.1) is 11.4 Å². The average Bonchev–Trinajstić information content (AvgIpc) is 3.85. The molecule has 13 rings (SSSR count). The lowest BCUT2D eigenvalue weighted by molar-refractivity contribution is -0.234. The minimum atomic E-state index is -0.0951. The molecule has 6 aliphatic carbocycles. The number of nitrogens with zero attached hydrogens (tertiary/aromatic N) is 1. The molecule has 6 unspecified atom stereocenters. The van der Waals surface area contributed by atoms with E-state index in [4.69, 9.17) is 0 Å². The molecule has 1 aliphatic heterocycles. The maximum Gasteiger partial charge on any atom is 0.0604 e. The summed E-state index contributed by atoms with van der Waals surface area (Å²) in [6.07, 6.45) is 8.11. The zero-order chi connectivity index (χ0) is 39.8. The third-order valence-electron chi connectivity index (χ3n) is 17.8. The van der Waals surface area contributed by atoms with E-state index in [9.17, 15) is 0 Å². The van der Waals surface area contributed by atoms with Crippen LogP contribution in [0.3, 0.4) is 0 Å². The third kappa shape index (κ3) is 4.21. The van der Waals surface area contributed by atoms with Crippen LogP contribution in [-0.4, -0.2) is 0 Å². The second kappa shape index (κ2) is 11.4. The Labute approximate surface area is 355 Å². The SMILES string of the molecule is CC1(C)CCC(C)(C)c2c(N(c3ccc4c(c3)C(C)(C)c3ccccc3-4)c3ccc(-c4ccccc4)c4c3Sc3ccccc3C43C4CC5CC6CC3C64C5)cccc21. The highest BCUT2D eigenvalue weighted by Gasteiger charge is 2.84. The highest BCUT2D eigenvalue weighted by molar-refractivity contribution is 7.99. The van der Waals surface area contributed by atoms with Gasteiger partial charge in [-0.15, -0.1) is 0 Å². The molecule has 294 valence electrons. The van der Waals surface area contributed by atoms with Gasteiger partial charge in [0, 0.05) is 26.3 Å². The zero-order valence-corrected chi connectivity index (χ0v) is 36.3. The largest absolute Gasteiger partial charge is 0.309 e. The molecule has 4 saturated carbocycles. The minimum absolute atomic E-state index is 0.0291. The molecule has 0 aromatic heterocycles. The van der Waals surface area contributed by atoms with Crippen molar-refractivity contribution in [1.29, 1.82) is 0 Å². The van der Waals surface area contributed by atoms with Gasteiger partial charge >= 0.3 is 0 Å². The lowest BCUT2D eigenvalue weighted by Gasteiger charge is -2.78. The summed E-state index contributed by atoms with van der Waals surface area (Å²) in [6.45, 7) is 14.8. The molecular weight excluding hydrogens is 731 g/mol. The lowest BCUT2D eigenvalue weighted by atomic mass is 9.26. The second-order valence-corrected chi connectivity index (χ2v) is 22.6. The summed E-state index contributed by atoms with van der Waals surface area (Å²) in [6, 6.07) is 50.1. The molecule has 2 heteroatoms. The summed E-state index contributed by atoms with van der Waals surface area (Å²) in [5.74, 6) is 3.27. The monoisotopic (exact) mass is 785 g/mol. The molecular formula is C57H55NS. The molecule has 2 spiro atoms. The summed E-state index contributed by atoms with van der Waals surface area (Å²) < 4.78 is 0. The Balaban J connectivity index is 1.13. The standard InChI is InChI=1S/C57H55NS/c1-53(2)27-28-54(3,4)51-43(53)20-14-21-45(51)58(37-23-24-40-39-17-10-11-18-41(39)55(5,6)44(40)32-37)46-26-25-38(35-15-8-7-9-16-35)50-52(46)59-47-22-13-12-19-42(47)57(50)48-30-34-29-36-31-49(57)56(36,48)33-34/h7-26,32,34,36,48-49H,27-31,33H2,1-6H3. The van der Waals surface area contributed by atoms with Gasteiger partial charge in [0.15, 0.2) is 0 Å². The molecule has 6 atom stereocenters. The van der Waals surface area contributed by atoms with Crippen molar-refractivity contribution < 1.29 is 0 Å². The van der Waals surface area contributed by atoms with E-state index in [0.29, 0.717) is 17.3 Å². The minimum Gasteiger partial charge on any atom is -0.309 e. The Morgan fingerprint density at radius 2 is 1.24 bits per heavy atom. The smallest absolute Gasteiger partial charge is 0.0604 e. The maximum atomic E-state index is 2.75. The van der Waals surface area contributed by atoms with Crippen LogP contribution in [0.25, 0.3) is 22.3 Å². The maximum absolute atomic E-state index is 2.75. The van der Waals surface area contributed by atoms with E-state index in [1.807, 2.05) is 0 Å². The number of fused-ring (bicyclic) bond motifs is 11. The fourth-order valence-electron chi connectivity index (χ4n) is 15.3. The molecule has 1 heterocycles. The van der Waals surface area contributed by atoms with Gasteiger partial charge in [0.25, 0.3) is 0 Å². The fourth-order valence-corrected chi connectivity index (χ4v) is 16.7. The van der Waals surface area contributed by atoms with Crippen molar-refractivity contribution in [3.05, 3.63) is 161 Å². The molecule has 4 fully saturated rings. The molecule has 0 saturated heterocycles. The Kier molecular flexibility index (Phi) is 6.83. The summed E-state index contributed by atoms with van der Waals surface area (Å²) in [5, 5.41) is 0. The van der Waals surface area contributed by atoms with Gasteiger partial charge in [-0.1, -0.05) is 150 Å². The van der Waals surface area contributed by atoms with E-state index in [-0.39, 0.29) is 21.7 Å². The Bertz CT molecular complexity index is 2790. The van der Waals surface area contributed by atoms with Crippen molar-refractivity contribution in [2.24, 2.45) is 29.1 Å². The lowest BCUT2D eigenvalue weighted by Crippen LogP contribution is -2.74. The zero-order valence-electron chi connectivity index (χ0n) is 35.5. The van der Waals surface area contributed by atoms with Crippen LogP contribution in [0.1, 0.15) is 113 Å². The third-order valence-corrected chi connectivity index (χ3v) is 19.0. The number of hydrogen-bond acceptors (Lipinski definition) is 2. The highest BCUT2D eigenvalue weighted by atomic mass is 32.2. The second-order valence-electron chi connectivity index (χ2n) is 21.6. The Morgan fingerprint density at radius 1 is 0.542 bits per heavy atom. The van der Waals surface area contributed by atoms with Crippen LogP contribution in [-0.2, 0) is 21.7 Å². The number of rotatable bonds is 4. The van der Waals surface area contributed by atoms with E-state index in [1.165, 1.54) is 110 Å². The van der Waals surface area contributed by atoms with Gasteiger partial charge in [-0.2, -0.15) is 0 Å². The van der Waals surface area contributed by atoms with E-state index < -0.39 is 0 Å². The molecule has 7 aliphatic rings. The first-order chi connectivity index (χ1) is 28.5. The average molecular weight is 786 g/mol. The number of benzene rings is 6. The summed E-state index contributed by atoms with van der Waals surface area (Å²) in [5.41, 5.74) is 19.3. The van der Waals surface area contributed by atoms with E-state index >= 15 is 0 Å². The van der Waals surface area contributed by atoms with Crippen LogP contribution in [0, 0.1) is 29.1 Å². The van der Waals surface area contributed by atoms with Gasteiger partial charge in [0.1, 0.15) is 0 Å². The molecule has 6 aromatic rings. The quantitative estimate of drug-likeness (QED) is 0.175. The van der Waals surface area contributed by atoms with Crippen LogP contribution in [0.5, 0.6) is 0 Å². The summed E-state index contributed by atoms with van der Waals surface area (Å²) in [4.78, 5) is 5.72. The summed E-state index contributed by atoms with van der Waals surface area (Å²) >= 11 is 2.07. The van der Waals surface area contributed by atoms with Gasteiger partial charge in [-0.05, 0) is 164 Å². The topological polar surface area (TPSA) is 3.24 Å². The fraction of sp³-hybridized carbons (Fsp3) is 0.368. The number of anilines is 3. The van der Waals surface area contributed by atoms with Crippen LogP contribution >= 0.6 is 11.8 Å². The van der Waals surface area contributed by atoms with E-state index in [0.717, 1.165) is 11.8 Å². The van der Waals surface area contributed by atoms with Crippen LogP contribution < -0.4 is 4.90 Å². The first kappa shape index (κ1) is 35.2. The molecule has 0 radical (unpaired) electrons. The highest BCUT2D eigenvalue weighted by Crippen LogP contribution is 2.89.